The number of methoxy groups -OCH3 is 1. The van der Waals surface area contributed by atoms with Crippen molar-refractivity contribution >= 4 is 27.5 Å². The molecule has 0 heterocycles. The molecule has 0 aromatic heterocycles. The van der Waals surface area contributed by atoms with Gasteiger partial charge >= 0.3 is 0 Å². The highest BCUT2D eigenvalue weighted by Crippen LogP contribution is 2.26. The number of benzene rings is 2. The summed E-state index contributed by atoms with van der Waals surface area (Å²) in [5.74, 6) is 0.852. The summed E-state index contributed by atoms with van der Waals surface area (Å²) in [5, 5.41) is 0.768. The minimum absolute atomic E-state index is 0.768. The first-order chi connectivity index (χ1) is 8.19. The quantitative estimate of drug-likeness (QED) is 0.798. The highest BCUT2D eigenvalue weighted by molar-refractivity contribution is 9.10. The number of hydrogen-bond acceptors (Lipinski definition) is 1. The van der Waals surface area contributed by atoms with Crippen molar-refractivity contribution in [3.05, 3.63) is 63.1 Å². The van der Waals surface area contributed by atoms with Crippen LogP contribution < -0.4 is 4.74 Å². The average molecular weight is 312 g/mol. The van der Waals surface area contributed by atoms with Crippen LogP contribution in [-0.2, 0) is 6.42 Å². The fourth-order valence-electron chi connectivity index (χ4n) is 1.66. The molecule has 0 aliphatic carbocycles. The number of rotatable bonds is 3. The first kappa shape index (κ1) is 12.5. The van der Waals surface area contributed by atoms with Crippen molar-refractivity contribution in [3.63, 3.8) is 0 Å². The van der Waals surface area contributed by atoms with Crippen molar-refractivity contribution in [2.75, 3.05) is 7.11 Å². The Labute approximate surface area is 115 Å². The van der Waals surface area contributed by atoms with E-state index in [1.54, 1.807) is 7.11 Å². The third kappa shape index (κ3) is 3.24. The van der Waals surface area contributed by atoms with Gasteiger partial charge in [-0.3, -0.25) is 0 Å². The van der Waals surface area contributed by atoms with Crippen molar-refractivity contribution < 1.29 is 4.74 Å². The molecule has 0 bridgehead atoms. The molecule has 3 heteroatoms. The number of ether oxygens (including phenoxy) is 1. The lowest BCUT2D eigenvalue weighted by Gasteiger charge is -2.06. The van der Waals surface area contributed by atoms with E-state index in [0.29, 0.717) is 0 Å². The van der Waals surface area contributed by atoms with Crippen LogP contribution in [0.4, 0.5) is 0 Å². The largest absolute Gasteiger partial charge is 0.496 e. The lowest BCUT2D eigenvalue weighted by Crippen LogP contribution is -1.90. The van der Waals surface area contributed by atoms with E-state index in [0.717, 1.165) is 21.7 Å². The van der Waals surface area contributed by atoms with Crippen LogP contribution in [0.25, 0.3) is 0 Å². The Morgan fingerprint density at radius 3 is 2.29 bits per heavy atom. The predicted molar refractivity (Wildman–Crippen MR) is 75.0 cm³/mol. The fourth-order valence-corrected chi connectivity index (χ4v) is 2.37. The summed E-state index contributed by atoms with van der Waals surface area (Å²) in [6.45, 7) is 0. The third-order valence-corrected chi connectivity index (χ3v) is 3.41. The van der Waals surface area contributed by atoms with E-state index in [2.05, 4.69) is 28.1 Å². The summed E-state index contributed by atoms with van der Waals surface area (Å²) in [6.07, 6.45) is 0.889. The van der Waals surface area contributed by atoms with Gasteiger partial charge in [-0.2, -0.15) is 0 Å². The third-order valence-electron chi connectivity index (χ3n) is 2.54. The monoisotopic (exact) mass is 310 g/mol. The van der Waals surface area contributed by atoms with Gasteiger partial charge in [0.25, 0.3) is 0 Å². The predicted octanol–water partition coefficient (Wildman–Crippen LogP) is 4.70. The molecule has 0 radical (unpaired) electrons. The molecular formula is C14H12BrClO. The Bertz CT molecular complexity index is 508. The van der Waals surface area contributed by atoms with Crippen LogP contribution in [0.15, 0.2) is 46.9 Å². The van der Waals surface area contributed by atoms with Gasteiger partial charge < -0.3 is 4.74 Å². The summed E-state index contributed by atoms with van der Waals surface area (Å²) in [6, 6.07) is 14.0. The lowest BCUT2D eigenvalue weighted by atomic mass is 10.1. The second kappa shape index (κ2) is 5.56. The van der Waals surface area contributed by atoms with E-state index in [-0.39, 0.29) is 0 Å². The number of hydrogen-bond donors (Lipinski definition) is 0. The van der Waals surface area contributed by atoms with Gasteiger partial charge in [0.15, 0.2) is 0 Å². The summed E-state index contributed by atoms with van der Waals surface area (Å²) in [4.78, 5) is 0. The standard InChI is InChI=1S/C14H12BrClO/c1-17-14-7-4-11(9-13(14)15)8-10-2-5-12(16)6-3-10/h2-7,9H,8H2,1H3. The molecule has 0 saturated heterocycles. The zero-order valence-corrected chi connectivity index (χ0v) is 11.8. The molecular weight excluding hydrogens is 300 g/mol. The van der Waals surface area contributed by atoms with Crippen LogP contribution in [0.1, 0.15) is 11.1 Å². The van der Waals surface area contributed by atoms with E-state index < -0.39 is 0 Å². The second-order valence-electron chi connectivity index (χ2n) is 3.77. The zero-order valence-electron chi connectivity index (χ0n) is 9.41. The molecule has 0 saturated carbocycles. The van der Waals surface area contributed by atoms with E-state index in [1.807, 2.05) is 30.3 Å². The molecule has 0 aliphatic heterocycles. The molecule has 0 fully saturated rings. The smallest absolute Gasteiger partial charge is 0.133 e. The second-order valence-corrected chi connectivity index (χ2v) is 5.06. The van der Waals surface area contributed by atoms with Crippen LogP contribution in [-0.4, -0.2) is 7.11 Å². The van der Waals surface area contributed by atoms with E-state index in [9.17, 15) is 0 Å². The van der Waals surface area contributed by atoms with E-state index >= 15 is 0 Å². The Morgan fingerprint density at radius 1 is 1.06 bits per heavy atom. The molecule has 17 heavy (non-hydrogen) atoms. The minimum atomic E-state index is 0.768. The summed E-state index contributed by atoms with van der Waals surface area (Å²) >= 11 is 9.34. The summed E-state index contributed by atoms with van der Waals surface area (Å²) in [7, 11) is 1.67. The molecule has 0 N–H and O–H groups in total. The highest BCUT2D eigenvalue weighted by Gasteiger charge is 2.02. The van der Waals surface area contributed by atoms with Crippen LogP contribution in [0.2, 0.25) is 5.02 Å². The molecule has 2 aromatic carbocycles. The van der Waals surface area contributed by atoms with Crippen LogP contribution in [0, 0.1) is 0 Å². The average Bonchev–Trinajstić information content (AvgIpc) is 2.32. The van der Waals surface area contributed by atoms with Gasteiger partial charge in [0.05, 0.1) is 11.6 Å². The molecule has 0 unspecified atom stereocenters. The van der Waals surface area contributed by atoms with Gasteiger partial charge in [0.1, 0.15) is 5.75 Å². The Hall–Kier alpha value is -0.990. The first-order valence-corrected chi connectivity index (χ1v) is 6.43. The van der Waals surface area contributed by atoms with Crippen LogP contribution in [0.3, 0.4) is 0 Å². The van der Waals surface area contributed by atoms with Crippen molar-refractivity contribution in [1.82, 2.24) is 0 Å². The van der Waals surface area contributed by atoms with Gasteiger partial charge in [-0.15, -0.1) is 0 Å². The van der Waals surface area contributed by atoms with Gasteiger partial charge in [-0.1, -0.05) is 29.8 Å². The molecule has 0 amide bonds. The minimum Gasteiger partial charge on any atom is -0.496 e. The Morgan fingerprint density at radius 2 is 1.71 bits per heavy atom. The van der Waals surface area contributed by atoms with Gasteiger partial charge in [-0.05, 0) is 57.7 Å². The van der Waals surface area contributed by atoms with Gasteiger partial charge in [0, 0.05) is 5.02 Å². The van der Waals surface area contributed by atoms with Crippen molar-refractivity contribution in [3.8, 4) is 5.75 Å². The molecule has 0 spiro atoms. The summed E-state index contributed by atoms with van der Waals surface area (Å²) < 4.78 is 6.18. The van der Waals surface area contributed by atoms with Gasteiger partial charge in [-0.25, -0.2) is 0 Å². The molecule has 0 aliphatic rings. The van der Waals surface area contributed by atoms with Crippen molar-refractivity contribution in [2.45, 2.75) is 6.42 Å². The highest BCUT2D eigenvalue weighted by atomic mass is 79.9. The SMILES string of the molecule is COc1ccc(Cc2ccc(Cl)cc2)cc1Br. The zero-order chi connectivity index (χ0) is 12.3. The lowest BCUT2D eigenvalue weighted by molar-refractivity contribution is 0.412. The molecule has 2 rings (SSSR count). The molecule has 0 atom stereocenters. The summed E-state index contributed by atoms with van der Waals surface area (Å²) in [5.41, 5.74) is 2.48. The van der Waals surface area contributed by atoms with E-state index in [1.165, 1.54) is 11.1 Å². The van der Waals surface area contributed by atoms with Crippen LogP contribution >= 0.6 is 27.5 Å². The topological polar surface area (TPSA) is 9.23 Å². The maximum atomic E-state index is 5.86. The van der Waals surface area contributed by atoms with Crippen LogP contribution in [0.5, 0.6) is 5.75 Å². The van der Waals surface area contributed by atoms with E-state index in [4.69, 9.17) is 16.3 Å². The maximum absolute atomic E-state index is 5.86. The number of halogens is 2. The Kier molecular flexibility index (Phi) is 4.08. The Balaban J connectivity index is 2.19. The maximum Gasteiger partial charge on any atom is 0.133 e. The van der Waals surface area contributed by atoms with Gasteiger partial charge in [0.2, 0.25) is 0 Å². The fraction of sp³-hybridized carbons (Fsp3) is 0.143. The molecule has 1 nitrogen and oxygen atoms in total. The molecule has 88 valence electrons. The van der Waals surface area contributed by atoms with Crippen molar-refractivity contribution in [2.24, 2.45) is 0 Å². The molecule has 2 aromatic rings. The first-order valence-electron chi connectivity index (χ1n) is 5.26. The normalized spacial score (nSPS) is 10.3. The van der Waals surface area contributed by atoms with Crippen molar-refractivity contribution in [1.29, 1.82) is 0 Å².